The Bertz CT molecular complexity index is 584. The molecule has 0 atom stereocenters. The Morgan fingerprint density at radius 1 is 1.30 bits per heavy atom. The average Bonchev–Trinajstić information content (AvgIpc) is 2.82. The van der Waals surface area contributed by atoms with Gasteiger partial charge in [-0.1, -0.05) is 0 Å². The van der Waals surface area contributed by atoms with Crippen molar-refractivity contribution in [1.29, 1.82) is 0 Å². The molecule has 20 heavy (non-hydrogen) atoms. The zero-order chi connectivity index (χ0) is 14.1. The quantitative estimate of drug-likeness (QED) is 0.898. The average molecular weight is 274 g/mol. The highest BCUT2D eigenvalue weighted by Crippen LogP contribution is 2.17. The second-order valence-electron chi connectivity index (χ2n) is 5.76. The van der Waals surface area contributed by atoms with E-state index in [0.717, 1.165) is 23.7 Å². The molecule has 2 aromatic rings. The third-order valence-corrected chi connectivity index (χ3v) is 4.20. The first-order chi connectivity index (χ1) is 9.63. The molecule has 0 aliphatic carbocycles. The standard InChI is InChI=1S/C14H22N6/c1-18-7-5-12(6-8-18)19(2)10-14-17-16-13-4-3-11(15)9-20(13)14/h3-4,9,12H,5-8,10,15H2,1-2H3. The van der Waals surface area contributed by atoms with Crippen LogP contribution >= 0.6 is 0 Å². The van der Waals surface area contributed by atoms with Crippen LogP contribution in [0.5, 0.6) is 0 Å². The maximum Gasteiger partial charge on any atom is 0.160 e. The van der Waals surface area contributed by atoms with Crippen LogP contribution in [0, 0.1) is 0 Å². The lowest BCUT2D eigenvalue weighted by Crippen LogP contribution is -2.41. The summed E-state index contributed by atoms with van der Waals surface area (Å²) >= 11 is 0. The van der Waals surface area contributed by atoms with Crippen molar-refractivity contribution >= 4 is 11.3 Å². The van der Waals surface area contributed by atoms with Crippen molar-refractivity contribution in [2.24, 2.45) is 0 Å². The third kappa shape index (κ3) is 2.62. The van der Waals surface area contributed by atoms with Crippen molar-refractivity contribution in [3.8, 4) is 0 Å². The molecule has 0 aromatic carbocycles. The van der Waals surface area contributed by atoms with E-state index in [0.29, 0.717) is 6.04 Å². The Hall–Kier alpha value is -1.66. The van der Waals surface area contributed by atoms with E-state index in [9.17, 15) is 0 Å². The zero-order valence-electron chi connectivity index (χ0n) is 12.2. The van der Waals surface area contributed by atoms with Gasteiger partial charge in [0, 0.05) is 17.9 Å². The lowest BCUT2D eigenvalue weighted by Gasteiger charge is -2.34. The molecule has 3 rings (SSSR count). The fraction of sp³-hybridized carbons (Fsp3) is 0.571. The van der Waals surface area contributed by atoms with Crippen LogP contribution in [0.3, 0.4) is 0 Å². The molecule has 0 saturated carbocycles. The molecule has 0 spiro atoms. The number of likely N-dealkylation sites (tertiary alicyclic amines) is 1. The van der Waals surface area contributed by atoms with Gasteiger partial charge < -0.3 is 10.6 Å². The van der Waals surface area contributed by atoms with Crippen LogP contribution in [0.4, 0.5) is 5.69 Å². The first-order valence-electron chi connectivity index (χ1n) is 7.11. The van der Waals surface area contributed by atoms with E-state index in [1.807, 2.05) is 22.7 Å². The van der Waals surface area contributed by atoms with Crippen molar-refractivity contribution in [2.75, 3.05) is 32.9 Å². The van der Waals surface area contributed by atoms with Crippen LogP contribution in [0.1, 0.15) is 18.7 Å². The largest absolute Gasteiger partial charge is 0.398 e. The number of nitrogen functional groups attached to an aromatic ring is 1. The number of hydrogen-bond acceptors (Lipinski definition) is 5. The predicted octanol–water partition coefficient (Wildman–Crippen LogP) is 0.837. The number of hydrogen-bond donors (Lipinski definition) is 1. The Morgan fingerprint density at radius 2 is 2.05 bits per heavy atom. The van der Waals surface area contributed by atoms with Gasteiger partial charge in [0.15, 0.2) is 11.5 Å². The molecule has 3 heterocycles. The van der Waals surface area contributed by atoms with Crippen molar-refractivity contribution in [2.45, 2.75) is 25.4 Å². The molecule has 1 aliphatic heterocycles. The van der Waals surface area contributed by atoms with E-state index in [2.05, 4.69) is 34.1 Å². The number of nitrogens with zero attached hydrogens (tertiary/aromatic N) is 5. The van der Waals surface area contributed by atoms with Crippen molar-refractivity contribution in [1.82, 2.24) is 24.4 Å². The topological polar surface area (TPSA) is 62.7 Å². The van der Waals surface area contributed by atoms with Crippen LogP contribution in [-0.4, -0.2) is 57.6 Å². The molecule has 108 valence electrons. The molecule has 6 nitrogen and oxygen atoms in total. The molecule has 2 N–H and O–H groups in total. The van der Waals surface area contributed by atoms with Gasteiger partial charge in [0.2, 0.25) is 0 Å². The van der Waals surface area contributed by atoms with Gasteiger partial charge >= 0.3 is 0 Å². The van der Waals surface area contributed by atoms with Gasteiger partial charge in [0.1, 0.15) is 0 Å². The van der Waals surface area contributed by atoms with E-state index in [-0.39, 0.29) is 0 Å². The van der Waals surface area contributed by atoms with Gasteiger partial charge in [-0.2, -0.15) is 0 Å². The second kappa shape index (κ2) is 5.38. The molecular formula is C14H22N6. The zero-order valence-corrected chi connectivity index (χ0v) is 12.2. The number of fused-ring (bicyclic) bond motifs is 1. The summed E-state index contributed by atoms with van der Waals surface area (Å²) in [7, 11) is 4.36. The fourth-order valence-corrected chi connectivity index (χ4v) is 2.85. The van der Waals surface area contributed by atoms with E-state index >= 15 is 0 Å². The highest BCUT2D eigenvalue weighted by atomic mass is 15.3. The number of aromatic nitrogens is 3. The van der Waals surface area contributed by atoms with Gasteiger partial charge in [-0.3, -0.25) is 9.30 Å². The number of pyridine rings is 1. The molecular weight excluding hydrogens is 252 g/mol. The van der Waals surface area contributed by atoms with Gasteiger partial charge in [0.05, 0.1) is 6.54 Å². The van der Waals surface area contributed by atoms with Crippen LogP contribution in [0.25, 0.3) is 5.65 Å². The van der Waals surface area contributed by atoms with Crippen LogP contribution < -0.4 is 5.73 Å². The Labute approximate surface area is 119 Å². The fourth-order valence-electron chi connectivity index (χ4n) is 2.85. The van der Waals surface area contributed by atoms with Crippen molar-refractivity contribution in [3.63, 3.8) is 0 Å². The van der Waals surface area contributed by atoms with E-state index < -0.39 is 0 Å². The first kappa shape index (κ1) is 13.3. The number of anilines is 1. The minimum atomic E-state index is 0.625. The van der Waals surface area contributed by atoms with E-state index in [1.54, 1.807) is 0 Å². The second-order valence-corrected chi connectivity index (χ2v) is 5.76. The predicted molar refractivity (Wildman–Crippen MR) is 79.4 cm³/mol. The van der Waals surface area contributed by atoms with Crippen molar-refractivity contribution < 1.29 is 0 Å². The smallest absolute Gasteiger partial charge is 0.160 e. The van der Waals surface area contributed by atoms with Gasteiger partial charge in [-0.05, 0) is 52.2 Å². The third-order valence-electron chi connectivity index (χ3n) is 4.20. The lowest BCUT2D eigenvalue weighted by atomic mass is 10.0. The summed E-state index contributed by atoms with van der Waals surface area (Å²) in [6.45, 7) is 3.14. The highest BCUT2D eigenvalue weighted by Gasteiger charge is 2.21. The summed E-state index contributed by atoms with van der Waals surface area (Å²) in [4.78, 5) is 4.77. The van der Waals surface area contributed by atoms with E-state index in [1.165, 1.54) is 25.9 Å². The van der Waals surface area contributed by atoms with Crippen LogP contribution in [-0.2, 0) is 6.54 Å². The van der Waals surface area contributed by atoms with Gasteiger partial charge in [-0.15, -0.1) is 10.2 Å². The summed E-state index contributed by atoms with van der Waals surface area (Å²) in [5.74, 6) is 0.953. The maximum absolute atomic E-state index is 5.85. The molecule has 0 amide bonds. The Balaban J connectivity index is 1.74. The molecule has 1 saturated heterocycles. The van der Waals surface area contributed by atoms with Gasteiger partial charge in [-0.25, -0.2) is 0 Å². The monoisotopic (exact) mass is 274 g/mol. The summed E-state index contributed by atoms with van der Waals surface area (Å²) in [6, 6.07) is 4.38. The SMILES string of the molecule is CN1CCC(N(C)Cc2nnc3ccc(N)cn23)CC1. The van der Waals surface area contributed by atoms with Crippen LogP contribution in [0.15, 0.2) is 18.3 Å². The van der Waals surface area contributed by atoms with Crippen molar-refractivity contribution in [3.05, 3.63) is 24.2 Å². The summed E-state index contributed by atoms with van der Waals surface area (Å²) < 4.78 is 1.99. The van der Waals surface area contributed by atoms with Gasteiger partial charge in [0.25, 0.3) is 0 Å². The van der Waals surface area contributed by atoms with Crippen LogP contribution in [0.2, 0.25) is 0 Å². The molecule has 0 unspecified atom stereocenters. The Morgan fingerprint density at radius 3 is 2.80 bits per heavy atom. The number of piperidine rings is 1. The molecule has 0 bridgehead atoms. The number of nitrogens with two attached hydrogens (primary N) is 1. The number of rotatable bonds is 3. The first-order valence-corrected chi connectivity index (χ1v) is 7.11. The lowest BCUT2D eigenvalue weighted by molar-refractivity contribution is 0.136. The Kier molecular flexibility index (Phi) is 3.58. The molecule has 2 aromatic heterocycles. The normalized spacial score (nSPS) is 18.1. The summed E-state index contributed by atoms with van der Waals surface area (Å²) in [6.07, 6.45) is 4.32. The highest BCUT2D eigenvalue weighted by molar-refractivity contribution is 5.47. The summed E-state index contributed by atoms with van der Waals surface area (Å²) in [5.41, 5.74) is 7.43. The molecule has 6 heteroatoms. The molecule has 0 radical (unpaired) electrons. The summed E-state index contributed by atoms with van der Waals surface area (Å²) in [5, 5.41) is 8.48. The molecule has 1 aliphatic rings. The molecule has 1 fully saturated rings. The maximum atomic E-state index is 5.85. The minimum Gasteiger partial charge on any atom is -0.398 e. The van der Waals surface area contributed by atoms with E-state index in [4.69, 9.17) is 5.73 Å². The minimum absolute atomic E-state index is 0.625.